The van der Waals surface area contributed by atoms with Crippen molar-refractivity contribution in [2.45, 2.75) is 26.8 Å². The van der Waals surface area contributed by atoms with Crippen LogP contribution in [0.1, 0.15) is 25.7 Å². The van der Waals surface area contributed by atoms with Crippen LogP contribution in [0.3, 0.4) is 0 Å². The molecule has 0 unspecified atom stereocenters. The first-order chi connectivity index (χ1) is 11.0. The molecule has 116 valence electrons. The normalized spacial score (nSPS) is 11.9. The molecule has 5 nitrogen and oxygen atoms in total. The van der Waals surface area contributed by atoms with E-state index >= 15 is 0 Å². The SMILES string of the molecule is Cc1nc2ncc(-c3c[nH]c4ncc(Cl)cc34)cc2n1C(C)C. The fourth-order valence-electron chi connectivity index (χ4n) is 3.11. The van der Waals surface area contributed by atoms with Gasteiger partial charge >= 0.3 is 0 Å². The van der Waals surface area contributed by atoms with Gasteiger partial charge in [0, 0.05) is 41.1 Å². The second-order valence-electron chi connectivity index (χ2n) is 5.94. The van der Waals surface area contributed by atoms with Crippen molar-refractivity contribution in [2.75, 3.05) is 0 Å². The van der Waals surface area contributed by atoms with Gasteiger partial charge < -0.3 is 9.55 Å². The number of halogens is 1. The lowest BCUT2D eigenvalue weighted by Crippen LogP contribution is -2.02. The van der Waals surface area contributed by atoms with Gasteiger partial charge in [0.1, 0.15) is 11.5 Å². The molecule has 0 aliphatic carbocycles. The van der Waals surface area contributed by atoms with Crippen LogP contribution >= 0.6 is 11.6 Å². The van der Waals surface area contributed by atoms with E-state index in [0.29, 0.717) is 11.1 Å². The predicted molar refractivity (Wildman–Crippen MR) is 92.7 cm³/mol. The molecule has 4 aromatic rings. The average molecular weight is 326 g/mol. The van der Waals surface area contributed by atoms with E-state index in [2.05, 4.69) is 44.4 Å². The maximum atomic E-state index is 6.09. The summed E-state index contributed by atoms with van der Waals surface area (Å²) in [7, 11) is 0. The van der Waals surface area contributed by atoms with Crippen LogP contribution in [0.15, 0.2) is 30.7 Å². The molecule has 4 rings (SSSR count). The summed E-state index contributed by atoms with van der Waals surface area (Å²) in [6.45, 7) is 6.31. The van der Waals surface area contributed by atoms with Gasteiger partial charge in [0.05, 0.1) is 10.5 Å². The van der Waals surface area contributed by atoms with Crippen molar-refractivity contribution in [1.29, 1.82) is 0 Å². The number of imidazole rings is 1. The molecule has 0 aliphatic heterocycles. The molecule has 0 radical (unpaired) electrons. The summed E-state index contributed by atoms with van der Waals surface area (Å²) in [5.74, 6) is 0.975. The van der Waals surface area contributed by atoms with Crippen molar-refractivity contribution < 1.29 is 0 Å². The van der Waals surface area contributed by atoms with Crippen LogP contribution in [-0.4, -0.2) is 24.5 Å². The molecule has 0 amide bonds. The van der Waals surface area contributed by atoms with E-state index in [1.807, 2.05) is 25.4 Å². The molecule has 0 saturated carbocycles. The monoisotopic (exact) mass is 325 g/mol. The highest BCUT2D eigenvalue weighted by Gasteiger charge is 2.14. The Morgan fingerprint density at radius 3 is 2.78 bits per heavy atom. The summed E-state index contributed by atoms with van der Waals surface area (Å²) in [5.41, 5.74) is 4.70. The Hall–Kier alpha value is -2.40. The highest BCUT2D eigenvalue weighted by atomic mass is 35.5. The van der Waals surface area contributed by atoms with Crippen LogP contribution in [0, 0.1) is 6.92 Å². The first kappa shape index (κ1) is 14.2. The van der Waals surface area contributed by atoms with E-state index in [4.69, 9.17) is 11.6 Å². The predicted octanol–water partition coefficient (Wildman–Crippen LogP) is 4.52. The summed E-state index contributed by atoms with van der Waals surface area (Å²) >= 11 is 6.09. The maximum Gasteiger partial charge on any atom is 0.177 e. The van der Waals surface area contributed by atoms with Gasteiger partial charge in [-0.3, -0.25) is 0 Å². The van der Waals surface area contributed by atoms with Crippen LogP contribution in [0.4, 0.5) is 0 Å². The molecule has 4 aromatic heterocycles. The molecule has 4 heterocycles. The smallest absolute Gasteiger partial charge is 0.177 e. The summed E-state index contributed by atoms with van der Waals surface area (Å²) in [4.78, 5) is 16.6. The third kappa shape index (κ3) is 2.19. The summed E-state index contributed by atoms with van der Waals surface area (Å²) in [5, 5.41) is 1.61. The van der Waals surface area contributed by atoms with Crippen LogP contribution in [0.25, 0.3) is 33.3 Å². The van der Waals surface area contributed by atoms with Gasteiger partial charge in [0.15, 0.2) is 5.65 Å². The quantitative estimate of drug-likeness (QED) is 0.589. The van der Waals surface area contributed by atoms with Crippen molar-refractivity contribution >= 4 is 33.8 Å². The molecule has 0 fully saturated rings. The zero-order valence-electron chi connectivity index (χ0n) is 13.1. The number of aromatic nitrogens is 5. The molecular formula is C17H16ClN5. The number of H-pyrrole nitrogens is 1. The number of nitrogens with zero attached hydrogens (tertiary/aromatic N) is 4. The van der Waals surface area contributed by atoms with Gasteiger partial charge in [-0.25, -0.2) is 15.0 Å². The van der Waals surface area contributed by atoms with Crippen molar-refractivity contribution in [3.05, 3.63) is 41.6 Å². The van der Waals surface area contributed by atoms with Crippen molar-refractivity contribution in [2.24, 2.45) is 0 Å². The lowest BCUT2D eigenvalue weighted by Gasteiger charge is -2.10. The number of aromatic amines is 1. The highest BCUT2D eigenvalue weighted by molar-refractivity contribution is 6.31. The van der Waals surface area contributed by atoms with Gasteiger partial charge in [-0.1, -0.05) is 11.6 Å². The molecule has 0 spiro atoms. The summed E-state index contributed by atoms with van der Waals surface area (Å²) in [6.07, 6.45) is 5.44. The van der Waals surface area contributed by atoms with Crippen LogP contribution < -0.4 is 0 Å². The maximum absolute atomic E-state index is 6.09. The molecule has 0 saturated heterocycles. The third-order valence-electron chi connectivity index (χ3n) is 4.05. The Morgan fingerprint density at radius 1 is 1.17 bits per heavy atom. The first-order valence-electron chi connectivity index (χ1n) is 7.52. The molecule has 0 aromatic carbocycles. The Labute approximate surface area is 138 Å². The zero-order chi connectivity index (χ0) is 16.1. The minimum Gasteiger partial charge on any atom is -0.346 e. The van der Waals surface area contributed by atoms with E-state index < -0.39 is 0 Å². The lowest BCUT2D eigenvalue weighted by molar-refractivity contribution is 0.600. The number of pyridine rings is 2. The number of rotatable bonds is 2. The van der Waals surface area contributed by atoms with Gasteiger partial charge in [-0.2, -0.15) is 0 Å². The number of nitrogens with one attached hydrogen (secondary N) is 1. The Morgan fingerprint density at radius 2 is 2.00 bits per heavy atom. The third-order valence-corrected chi connectivity index (χ3v) is 4.25. The van der Waals surface area contributed by atoms with E-state index in [1.54, 1.807) is 6.20 Å². The fourth-order valence-corrected chi connectivity index (χ4v) is 3.26. The van der Waals surface area contributed by atoms with Gasteiger partial charge in [-0.05, 0) is 32.9 Å². The topological polar surface area (TPSA) is 59.4 Å². The fraction of sp³-hybridized carbons (Fsp3) is 0.235. The van der Waals surface area contributed by atoms with Gasteiger partial charge in [0.25, 0.3) is 0 Å². The van der Waals surface area contributed by atoms with Crippen LogP contribution in [0.2, 0.25) is 5.02 Å². The van der Waals surface area contributed by atoms with E-state index in [-0.39, 0.29) is 0 Å². The van der Waals surface area contributed by atoms with E-state index in [0.717, 1.165) is 39.1 Å². The minimum absolute atomic E-state index is 0.330. The van der Waals surface area contributed by atoms with Crippen LogP contribution in [-0.2, 0) is 0 Å². The number of aryl methyl sites for hydroxylation is 1. The van der Waals surface area contributed by atoms with Gasteiger partial charge in [0.2, 0.25) is 0 Å². The molecule has 6 heteroatoms. The van der Waals surface area contributed by atoms with Crippen molar-refractivity contribution in [1.82, 2.24) is 24.5 Å². The lowest BCUT2D eigenvalue weighted by atomic mass is 10.1. The number of hydrogen-bond acceptors (Lipinski definition) is 3. The van der Waals surface area contributed by atoms with Crippen LogP contribution in [0.5, 0.6) is 0 Å². The highest BCUT2D eigenvalue weighted by Crippen LogP contribution is 2.31. The Kier molecular flexibility index (Phi) is 3.13. The second kappa shape index (κ2) is 5.06. The second-order valence-corrected chi connectivity index (χ2v) is 6.38. The standard InChI is InChI=1S/C17H16ClN5/c1-9(2)23-10(3)22-17-15(23)4-11(6-19-17)14-8-21-16-13(14)5-12(18)7-20-16/h4-9H,1-3H3,(H,20,21). The molecule has 0 atom stereocenters. The largest absolute Gasteiger partial charge is 0.346 e. The molecule has 23 heavy (non-hydrogen) atoms. The Bertz CT molecular complexity index is 1030. The van der Waals surface area contributed by atoms with E-state index in [1.165, 1.54) is 0 Å². The first-order valence-corrected chi connectivity index (χ1v) is 7.90. The van der Waals surface area contributed by atoms with Crippen molar-refractivity contribution in [3.63, 3.8) is 0 Å². The molecular weight excluding hydrogens is 310 g/mol. The molecule has 0 bridgehead atoms. The molecule has 0 aliphatic rings. The average Bonchev–Trinajstić information content (AvgIpc) is 3.05. The van der Waals surface area contributed by atoms with Gasteiger partial charge in [-0.15, -0.1) is 0 Å². The summed E-state index contributed by atoms with van der Waals surface area (Å²) in [6, 6.07) is 4.38. The van der Waals surface area contributed by atoms with E-state index in [9.17, 15) is 0 Å². The van der Waals surface area contributed by atoms with Crippen molar-refractivity contribution in [3.8, 4) is 11.1 Å². The zero-order valence-corrected chi connectivity index (χ0v) is 13.9. The molecule has 1 N–H and O–H groups in total. The Balaban J connectivity index is 1.97. The number of hydrogen-bond donors (Lipinski definition) is 1. The number of fused-ring (bicyclic) bond motifs is 2. The summed E-state index contributed by atoms with van der Waals surface area (Å²) < 4.78 is 2.20. The minimum atomic E-state index is 0.330.